The monoisotopic (exact) mass is 303 g/mol. The molecule has 0 radical (unpaired) electrons. The van der Waals surface area contributed by atoms with Gasteiger partial charge in [-0.2, -0.15) is 13.2 Å². The van der Waals surface area contributed by atoms with Gasteiger partial charge in [0.25, 0.3) is 0 Å². The molecule has 0 bridgehead atoms. The molecule has 0 fully saturated rings. The van der Waals surface area contributed by atoms with E-state index in [1.165, 1.54) is 0 Å². The molecule has 21 heavy (non-hydrogen) atoms. The van der Waals surface area contributed by atoms with E-state index >= 15 is 0 Å². The molecular formula is C14H16F3NO3. The lowest BCUT2D eigenvalue weighted by Crippen LogP contribution is -2.38. The van der Waals surface area contributed by atoms with Crippen LogP contribution in [0.5, 0.6) is 0 Å². The van der Waals surface area contributed by atoms with Gasteiger partial charge < -0.3 is 9.84 Å². The quantitative estimate of drug-likeness (QED) is 0.848. The maximum absolute atomic E-state index is 12.0. The van der Waals surface area contributed by atoms with Gasteiger partial charge in [0, 0.05) is 19.6 Å². The topological polar surface area (TPSA) is 49.8 Å². The summed E-state index contributed by atoms with van der Waals surface area (Å²) in [6.07, 6.45) is -4.34. The fraction of sp³-hybridized carbons (Fsp3) is 0.500. The van der Waals surface area contributed by atoms with Crippen LogP contribution in [0.15, 0.2) is 24.3 Å². The SMILES string of the molecule is O=C(O)C1CN(CCOCC(F)(F)F)Cc2ccccc21. The molecule has 1 aliphatic rings. The van der Waals surface area contributed by atoms with Crippen molar-refractivity contribution in [3.8, 4) is 0 Å². The summed E-state index contributed by atoms with van der Waals surface area (Å²) in [7, 11) is 0. The van der Waals surface area contributed by atoms with Gasteiger partial charge >= 0.3 is 12.1 Å². The van der Waals surface area contributed by atoms with Gasteiger partial charge in [-0.05, 0) is 11.1 Å². The Morgan fingerprint density at radius 3 is 2.76 bits per heavy atom. The maximum Gasteiger partial charge on any atom is 0.411 e. The van der Waals surface area contributed by atoms with E-state index in [-0.39, 0.29) is 19.7 Å². The van der Waals surface area contributed by atoms with Gasteiger partial charge in [0.15, 0.2) is 0 Å². The van der Waals surface area contributed by atoms with Gasteiger partial charge in [-0.25, -0.2) is 0 Å². The van der Waals surface area contributed by atoms with Gasteiger partial charge in [0.05, 0.1) is 12.5 Å². The van der Waals surface area contributed by atoms with E-state index < -0.39 is 24.7 Å². The largest absolute Gasteiger partial charge is 0.481 e. The zero-order valence-corrected chi connectivity index (χ0v) is 11.3. The lowest BCUT2D eigenvalue weighted by atomic mass is 9.90. The molecule has 1 aromatic carbocycles. The Kier molecular flexibility index (Phi) is 4.84. The molecule has 1 heterocycles. The highest BCUT2D eigenvalue weighted by Gasteiger charge is 2.30. The number of alkyl halides is 3. The first-order chi connectivity index (χ1) is 9.87. The van der Waals surface area contributed by atoms with Crippen LogP contribution in [0, 0.1) is 0 Å². The Morgan fingerprint density at radius 2 is 2.10 bits per heavy atom. The van der Waals surface area contributed by atoms with Gasteiger partial charge in [-0.1, -0.05) is 24.3 Å². The molecule has 0 amide bonds. The molecule has 0 saturated carbocycles. The minimum Gasteiger partial charge on any atom is -0.481 e. The molecule has 1 N–H and O–H groups in total. The van der Waals surface area contributed by atoms with Gasteiger partial charge in [0.2, 0.25) is 0 Å². The van der Waals surface area contributed by atoms with Crippen molar-refractivity contribution in [2.24, 2.45) is 0 Å². The number of halogens is 3. The van der Waals surface area contributed by atoms with Gasteiger partial charge in [-0.15, -0.1) is 0 Å². The number of carboxylic acid groups (broad SMARTS) is 1. The summed E-state index contributed by atoms with van der Waals surface area (Å²) in [6, 6.07) is 7.23. The number of rotatable bonds is 5. The first-order valence-electron chi connectivity index (χ1n) is 6.54. The molecule has 0 saturated heterocycles. The molecule has 1 atom stereocenters. The van der Waals surface area contributed by atoms with E-state index in [4.69, 9.17) is 0 Å². The molecular weight excluding hydrogens is 287 g/mol. The third-order valence-electron chi connectivity index (χ3n) is 3.38. The standard InChI is InChI=1S/C14H16F3NO3/c15-14(16,17)9-21-6-5-18-7-10-3-1-2-4-11(10)12(8-18)13(19)20/h1-4,12H,5-9H2,(H,19,20). The van der Waals surface area contributed by atoms with Crippen LogP contribution in [0.3, 0.4) is 0 Å². The van der Waals surface area contributed by atoms with E-state index in [9.17, 15) is 23.1 Å². The highest BCUT2D eigenvalue weighted by Crippen LogP contribution is 2.28. The number of carboxylic acids is 1. The van der Waals surface area contributed by atoms with Crippen LogP contribution in [-0.2, 0) is 16.1 Å². The Bertz CT molecular complexity index is 504. The fourth-order valence-electron chi connectivity index (χ4n) is 2.44. The molecule has 1 aliphatic heterocycles. The van der Waals surface area contributed by atoms with E-state index in [2.05, 4.69) is 4.74 Å². The van der Waals surface area contributed by atoms with E-state index in [1.807, 2.05) is 12.1 Å². The van der Waals surface area contributed by atoms with Crippen molar-refractivity contribution in [2.45, 2.75) is 18.6 Å². The summed E-state index contributed by atoms with van der Waals surface area (Å²) in [6.45, 7) is -0.279. The normalized spacial score (nSPS) is 19.3. The van der Waals surface area contributed by atoms with Crippen LogP contribution in [-0.4, -0.2) is 48.5 Å². The number of nitrogens with zero attached hydrogens (tertiary/aromatic N) is 1. The number of ether oxygens (including phenoxy) is 1. The summed E-state index contributed by atoms with van der Waals surface area (Å²) in [5.74, 6) is -1.58. The summed E-state index contributed by atoms with van der Waals surface area (Å²) in [5, 5.41) is 9.27. The van der Waals surface area contributed by atoms with Crippen LogP contribution >= 0.6 is 0 Å². The molecule has 1 aromatic rings. The first kappa shape index (κ1) is 15.8. The molecule has 1 unspecified atom stereocenters. The Morgan fingerprint density at radius 1 is 1.38 bits per heavy atom. The highest BCUT2D eigenvalue weighted by atomic mass is 19.4. The zero-order chi connectivity index (χ0) is 15.5. The second-order valence-electron chi connectivity index (χ2n) is 4.99. The Labute approximate surface area is 120 Å². The average molecular weight is 303 g/mol. The number of carbonyl (C=O) groups is 1. The van der Waals surface area contributed by atoms with Crippen molar-refractivity contribution < 1.29 is 27.8 Å². The number of fused-ring (bicyclic) bond motifs is 1. The van der Waals surface area contributed by atoms with Crippen molar-refractivity contribution in [2.75, 3.05) is 26.3 Å². The summed E-state index contributed by atoms with van der Waals surface area (Å²) in [4.78, 5) is 13.1. The second-order valence-corrected chi connectivity index (χ2v) is 4.99. The lowest BCUT2D eigenvalue weighted by molar-refractivity contribution is -0.174. The zero-order valence-electron chi connectivity index (χ0n) is 11.3. The fourth-order valence-corrected chi connectivity index (χ4v) is 2.44. The minimum atomic E-state index is -4.34. The summed E-state index contributed by atoms with van der Waals surface area (Å²) in [5.41, 5.74) is 1.67. The molecule has 4 nitrogen and oxygen atoms in total. The van der Waals surface area contributed by atoms with E-state index in [0.717, 1.165) is 11.1 Å². The second kappa shape index (κ2) is 6.44. The Hall–Kier alpha value is -1.60. The van der Waals surface area contributed by atoms with Crippen molar-refractivity contribution in [1.29, 1.82) is 0 Å². The highest BCUT2D eigenvalue weighted by molar-refractivity contribution is 5.77. The lowest BCUT2D eigenvalue weighted by Gasteiger charge is -2.32. The third-order valence-corrected chi connectivity index (χ3v) is 3.38. The van der Waals surface area contributed by atoms with Gasteiger partial charge in [-0.3, -0.25) is 9.69 Å². The number of benzene rings is 1. The maximum atomic E-state index is 12.0. The predicted octanol–water partition coefficient (Wildman–Crippen LogP) is 2.25. The van der Waals surface area contributed by atoms with Gasteiger partial charge in [0.1, 0.15) is 6.61 Å². The van der Waals surface area contributed by atoms with Crippen LogP contribution in [0.25, 0.3) is 0 Å². The predicted molar refractivity (Wildman–Crippen MR) is 69.0 cm³/mol. The van der Waals surface area contributed by atoms with Crippen molar-refractivity contribution in [3.05, 3.63) is 35.4 Å². The molecule has 116 valence electrons. The summed E-state index contributed by atoms with van der Waals surface area (Å²) >= 11 is 0. The third kappa shape index (κ3) is 4.44. The molecule has 2 rings (SSSR count). The van der Waals surface area contributed by atoms with Crippen LogP contribution in [0.4, 0.5) is 13.2 Å². The number of hydrogen-bond donors (Lipinski definition) is 1. The molecule has 7 heteroatoms. The first-order valence-corrected chi connectivity index (χ1v) is 6.54. The van der Waals surface area contributed by atoms with Crippen molar-refractivity contribution >= 4 is 5.97 Å². The van der Waals surface area contributed by atoms with E-state index in [0.29, 0.717) is 6.54 Å². The van der Waals surface area contributed by atoms with Crippen LogP contribution in [0.2, 0.25) is 0 Å². The number of hydrogen-bond acceptors (Lipinski definition) is 3. The van der Waals surface area contributed by atoms with E-state index in [1.54, 1.807) is 17.0 Å². The minimum absolute atomic E-state index is 0.0754. The van der Waals surface area contributed by atoms with Crippen LogP contribution in [0.1, 0.15) is 17.0 Å². The van der Waals surface area contributed by atoms with Crippen LogP contribution < -0.4 is 0 Å². The van der Waals surface area contributed by atoms with Crippen molar-refractivity contribution in [1.82, 2.24) is 4.90 Å². The molecule has 0 aromatic heterocycles. The average Bonchev–Trinajstić information content (AvgIpc) is 2.41. The molecule has 0 aliphatic carbocycles. The summed E-state index contributed by atoms with van der Waals surface area (Å²) < 4.78 is 40.5. The number of aliphatic carboxylic acids is 1. The smallest absolute Gasteiger partial charge is 0.411 e. The molecule has 0 spiro atoms. The van der Waals surface area contributed by atoms with Crippen molar-refractivity contribution in [3.63, 3.8) is 0 Å². The Balaban J connectivity index is 1.94.